The number of fused-ring (bicyclic) bond motifs is 1. The number of aliphatic hydroxyl groups is 1. The Hall–Kier alpha value is -0.930. The fourth-order valence-corrected chi connectivity index (χ4v) is 2.60. The first-order valence-corrected chi connectivity index (χ1v) is 6.90. The van der Waals surface area contributed by atoms with Crippen molar-refractivity contribution in [3.63, 3.8) is 0 Å². The summed E-state index contributed by atoms with van der Waals surface area (Å²) < 4.78 is 0. The van der Waals surface area contributed by atoms with Crippen LogP contribution in [0.3, 0.4) is 0 Å². The summed E-state index contributed by atoms with van der Waals surface area (Å²) in [6.07, 6.45) is 6.27. The normalized spacial score (nSPS) is 19.6. The Kier molecular flexibility index (Phi) is 4.36. The van der Waals surface area contributed by atoms with Crippen molar-refractivity contribution in [3.8, 4) is 0 Å². The molecule has 100 valence electrons. The molecule has 0 amide bonds. The van der Waals surface area contributed by atoms with Gasteiger partial charge in [-0.1, -0.05) is 19.9 Å². The zero-order valence-corrected chi connectivity index (χ0v) is 11.4. The van der Waals surface area contributed by atoms with Crippen molar-refractivity contribution in [2.75, 3.05) is 13.2 Å². The molecule has 0 bridgehead atoms. The van der Waals surface area contributed by atoms with Crippen LogP contribution in [0.1, 0.15) is 50.4 Å². The number of rotatable bonds is 5. The second-order valence-electron chi connectivity index (χ2n) is 6.01. The Morgan fingerprint density at radius 3 is 3.11 bits per heavy atom. The first-order chi connectivity index (χ1) is 8.62. The Bertz CT molecular complexity index is 390. The highest BCUT2D eigenvalue weighted by molar-refractivity contribution is 5.25. The first kappa shape index (κ1) is 13.5. The summed E-state index contributed by atoms with van der Waals surface area (Å²) in [6, 6.07) is 4.60. The van der Waals surface area contributed by atoms with E-state index in [1.54, 1.807) is 0 Å². The van der Waals surface area contributed by atoms with E-state index in [0.29, 0.717) is 6.04 Å². The predicted molar refractivity (Wildman–Crippen MR) is 73.4 cm³/mol. The van der Waals surface area contributed by atoms with Crippen molar-refractivity contribution < 1.29 is 5.11 Å². The maximum absolute atomic E-state index is 9.06. The molecule has 0 fully saturated rings. The number of pyridine rings is 1. The van der Waals surface area contributed by atoms with Crippen LogP contribution in [0.4, 0.5) is 0 Å². The Morgan fingerprint density at radius 1 is 1.50 bits per heavy atom. The van der Waals surface area contributed by atoms with Crippen molar-refractivity contribution in [1.29, 1.82) is 0 Å². The lowest BCUT2D eigenvalue weighted by Crippen LogP contribution is -2.35. The average molecular weight is 248 g/mol. The van der Waals surface area contributed by atoms with Crippen LogP contribution in [0, 0.1) is 5.41 Å². The molecule has 0 aliphatic heterocycles. The Labute approximate surface area is 110 Å². The van der Waals surface area contributed by atoms with E-state index in [1.807, 2.05) is 12.3 Å². The van der Waals surface area contributed by atoms with Crippen LogP contribution in [0.2, 0.25) is 0 Å². The zero-order valence-electron chi connectivity index (χ0n) is 11.4. The molecule has 18 heavy (non-hydrogen) atoms. The van der Waals surface area contributed by atoms with E-state index >= 15 is 0 Å². The number of nitrogens with zero attached hydrogens (tertiary/aromatic N) is 1. The number of aromatic nitrogens is 1. The van der Waals surface area contributed by atoms with E-state index in [2.05, 4.69) is 30.2 Å². The molecule has 1 heterocycles. The SMILES string of the molecule is CC(C)(CCO)CNC1CCCc2cccnc21. The summed E-state index contributed by atoms with van der Waals surface area (Å²) in [5.41, 5.74) is 2.76. The van der Waals surface area contributed by atoms with Crippen molar-refractivity contribution >= 4 is 0 Å². The molecule has 0 saturated heterocycles. The molecule has 1 aromatic rings. The minimum atomic E-state index is 0.140. The van der Waals surface area contributed by atoms with Crippen LogP contribution in [-0.2, 0) is 6.42 Å². The van der Waals surface area contributed by atoms with Crippen LogP contribution in [0.5, 0.6) is 0 Å². The smallest absolute Gasteiger partial charge is 0.0605 e. The molecule has 1 unspecified atom stereocenters. The third-order valence-electron chi connectivity index (χ3n) is 3.81. The average Bonchev–Trinajstić information content (AvgIpc) is 2.36. The van der Waals surface area contributed by atoms with Crippen LogP contribution < -0.4 is 5.32 Å². The molecule has 0 spiro atoms. The second-order valence-corrected chi connectivity index (χ2v) is 6.01. The first-order valence-electron chi connectivity index (χ1n) is 6.90. The molecule has 3 nitrogen and oxygen atoms in total. The van der Waals surface area contributed by atoms with Crippen molar-refractivity contribution in [3.05, 3.63) is 29.6 Å². The molecule has 1 aromatic heterocycles. The predicted octanol–water partition coefficient (Wildman–Crippen LogP) is 2.46. The second kappa shape index (κ2) is 5.81. The van der Waals surface area contributed by atoms with Crippen molar-refractivity contribution in [2.45, 2.75) is 45.6 Å². The van der Waals surface area contributed by atoms with Gasteiger partial charge < -0.3 is 10.4 Å². The lowest BCUT2D eigenvalue weighted by atomic mass is 9.87. The molecule has 0 aromatic carbocycles. The Morgan fingerprint density at radius 2 is 2.33 bits per heavy atom. The molecule has 1 atom stereocenters. The standard InChI is InChI=1S/C15H24N2O/c1-15(2,8-10-18)11-17-13-7-3-5-12-6-4-9-16-14(12)13/h4,6,9,13,17-18H,3,5,7-8,10-11H2,1-2H3. The molecular weight excluding hydrogens is 224 g/mol. The molecule has 0 radical (unpaired) electrons. The van der Waals surface area contributed by atoms with Gasteiger partial charge in [0.15, 0.2) is 0 Å². The minimum Gasteiger partial charge on any atom is -0.396 e. The number of hydrogen-bond acceptors (Lipinski definition) is 3. The number of hydrogen-bond donors (Lipinski definition) is 2. The highest BCUT2D eigenvalue weighted by Crippen LogP contribution is 2.29. The lowest BCUT2D eigenvalue weighted by Gasteiger charge is -2.30. The van der Waals surface area contributed by atoms with Gasteiger partial charge in [0.1, 0.15) is 0 Å². The van der Waals surface area contributed by atoms with Gasteiger partial charge >= 0.3 is 0 Å². The monoisotopic (exact) mass is 248 g/mol. The molecule has 0 saturated carbocycles. The van der Waals surface area contributed by atoms with Gasteiger partial charge in [-0.2, -0.15) is 0 Å². The summed E-state index contributed by atoms with van der Waals surface area (Å²) in [5, 5.41) is 12.7. The van der Waals surface area contributed by atoms with Crippen molar-refractivity contribution in [1.82, 2.24) is 10.3 Å². The molecule has 3 heteroatoms. The summed E-state index contributed by atoms with van der Waals surface area (Å²) in [6.45, 7) is 5.57. The van der Waals surface area contributed by atoms with E-state index < -0.39 is 0 Å². The maximum Gasteiger partial charge on any atom is 0.0605 e. The van der Waals surface area contributed by atoms with Crippen LogP contribution in [0.25, 0.3) is 0 Å². The van der Waals surface area contributed by atoms with Gasteiger partial charge in [-0.25, -0.2) is 0 Å². The van der Waals surface area contributed by atoms with Gasteiger partial charge in [-0.15, -0.1) is 0 Å². The highest BCUT2D eigenvalue weighted by Gasteiger charge is 2.24. The molecule has 1 aliphatic carbocycles. The van der Waals surface area contributed by atoms with E-state index in [0.717, 1.165) is 19.4 Å². The third kappa shape index (κ3) is 3.30. The van der Waals surface area contributed by atoms with Crippen LogP contribution in [-0.4, -0.2) is 23.2 Å². The van der Waals surface area contributed by atoms with E-state index in [1.165, 1.54) is 24.1 Å². The lowest BCUT2D eigenvalue weighted by molar-refractivity contribution is 0.200. The molecule has 2 N–H and O–H groups in total. The molecule has 1 aliphatic rings. The topological polar surface area (TPSA) is 45.1 Å². The zero-order chi connectivity index (χ0) is 13.0. The van der Waals surface area contributed by atoms with Gasteiger partial charge in [0, 0.05) is 25.4 Å². The molecular formula is C15H24N2O. The number of aliphatic hydroxyl groups excluding tert-OH is 1. The number of nitrogens with one attached hydrogen (secondary N) is 1. The van der Waals surface area contributed by atoms with E-state index in [4.69, 9.17) is 5.11 Å². The van der Waals surface area contributed by atoms with E-state index in [-0.39, 0.29) is 12.0 Å². The summed E-state index contributed by atoms with van der Waals surface area (Å²) >= 11 is 0. The highest BCUT2D eigenvalue weighted by atomic mass is 16.3. The largest absolute Gasteiger partial charge is 0.396 e. The van der Waals surface area contributed by atoms with Gasteiger partial charge in [-0.05, 0) is 42.7 Å². The van der Waals surface area contributed by atoms with Crippen LogP contribution >= 0.6 is 0 Å². The quantitative estimate of drug-likeness (QED) is 0.841. The van der Waals surface area contributed by atoms with E-state index in [9.17, 15) is 0 Å². The van der Waals surface area contributed by atoms with Gasteiger partial charge in [0.2, 0.25) is 0 Å². The number of aryl methyl sites for hydroxylation is 1. The minimum absolute atomic E-state index is 0.140. The Balaban J connectivity index is 1.99. The van der Waals surface area contributed by atoms with Gasteiger partial charge in [0.05, 0.1) is 5.69 Å². The van der Waals surface area contributed by atoms with Crippen molar-refractivity contribution in [2.24, 2.45) is 5.41 Å². The van der Waals surface area contributed by atoms with Gasteiger partial charge in [-0.3, -0.25) is 4.98 Å². The fourth-order valence-electron chi connectivity index (χ4n) is 2.60. The fraction of sp³-hybridized carbons (Fsp3) is 0.667. The third-order valence-corrected chi connectivity index (χ3v) is 3.81. The van der Waals surface area contributed by atoms with Gasteiger partial charge in [0.25, 0.3) is 0 Å². The summed E-state index contributed by atoms with van der Waals surface area (Å²) in [7, 11) is 0. The summed E-state index contributed by atoms with van der Waals surface area (Å²) in [5.74, 6) is 0. The summed E-state index contributed by atoms with van der Waals surface area (Å²) in [4.78, 5) is 4.54. The maximum atomic E-state index is 9.06. The molecule has 2 rings (SSSR count). The van der Waals surface area contributed by atoms with Crippen LogP contribution in [0.15, 0.2) is 18.3 Å².